The summed E-state index contributed by atoms with van der Waals surface area (Å²) in [6, 6.07) is 0.337. The predicted molar refractivity (Wildman–Crippen MR) is 90.9 cm³/mol. The number of hydrogen-bond donors (Lipinski definition) is 2. The van der Waals surface area contributed by atoms with Gasteiger partial charge in [0.1, 0.15) is 0 Å². The Morgan fingerprint density at radius 1 is 1.16 bits per heavy atom. The van der Waals surface area contributed by atoms with Gasteiger partial charge in [0.2, 0.25) is 5.91 Å². The van der Waals surface area contributed by atoms with Crippen LogP contribution in [0.25, 0.3) is 0 Å². The van der Waals surface area contributed by atoms with Crippen molar-refractivity contribution < 1.29 is 23.1 Å². The van der Waals surface area contributed by atoms with Crippen LogP contribution in [0, 0.1) is 11.8 Å². The maximum Gasteiger partial charge on any atom is 0.306 e. The molecular weight excluding hydrogens is 346 g/mol. The summed E-state index contributed by atoms with van der Waals surface area (Å²) >= 11 is 0. The lowest BCUT2D eigenvalue weighted by molar-refractivity contribution is -0.143. The minimum Gasteiger partial charge on any atom is -0.481 e. The molecule has 0 aromatic heterocycles. The molecule has 1 amide bonds. The van der Waals surface area contributed by atoms with E-state index < -0.39 is 22.1 Å². The van der Waals surface area contributed by atoms with Crippen molar-refractivity contribution in [3.05, 3.63) is 0 Å². The molecule has 2 heterocycles. The van der Waals surface area contributed by atoms with E-state index in [0.29, 0.717) is 31.8 Å². The molecule has 9 heteroatoms. The molecule has 0 aromatic rings. The van der Waals surface area contributed by atoms with E-state index in [9.17, 15) is 18.0 Å². The van der Waals surface area contributed by atoms with Crippen molar-refractivity contribution in [3.63, 3.8) is 0 Å². The number of rotatable bonds is 6. The van der Waals surface area contributed by atoms with Gasteiger partial charge in [-0.3, -0.25) is 9.59 Å². The predicted octanol–water partition coefficient (Wildman–Crippen LogP) is 0.409. The van der Waals surface area contributed by atoms with Crippen LogP contribution >= 0.6 is 0 Å². The third kappa shape index (κ3) is 4.32. The molecule has 0 aromatic carbocycles. The van der Waals surface area contributed by atoms with Crippen LogP contribution in [0.1, 0.15) is 44.9 Å². The molecule has 2 aliphatic heterocycles. The molecular formula is C16H27N3O5S. The van der Waals surface area contributed by atoms with Crippen LogP contribution < -0.4 is 4.72 Å². The topological polar surface area (TPSA) is 107 Å². The van der Waals surface area contributed by atoms with E-state index in [0.717, 1.165) is 25.7 Å². The lowest BCUT2D eigenvalue weighted by atomic mass is 9.99. The van der Waals surface area contributed by atoms with Gasteiger partial charge in [-0.15, -0.1) is 0 Å². The summed E-state index contributed by atoms with van der Waals surface area (Å²) in [5.74, 6) is -1.17. The Kier molecular flexibility index (Phi) is 5.65. The summed E-state index contributed by atoms with van der Waals surface area (Å²) in [5, 5.41) is 8.99. The fourth-order valence-corrected chi connectivity index (χ4v) is 5.49. The lowest BCUT2D eigenvalue weighted by Crippen LogP contribution is -2.47. The molecule has 0 bridgehead atoms. The van der Waals surface area contributed by atoms with Crippen LogP contribution in [0.5, 0.6) is 0 Å². The van der Waals surface area contributed by atoms with Crippen LogP contribution in [0.2, 0.25) is 0 Å². The van der Waals surface area contributed by atoms with Gasteiger partial charge in [-0.25, -0.2) is 4.72 Å². The van der Waals surface area contributed by atoms with Gasteiger partial charge in [0.25, 0.3) is 10.2 Å². The molecule has 1 aliphatic carbocycles. The molecule has 25 heavy (non-hydrogen) atoms. The monoisotopic (exact) mass is 373 g/mol. The van der Waals surface area contributed by atoms with Crippen molar-refractivity contribution in [2.75, 3.05) is 26.2 Å². The Hall–Kier alpha value is -1.19. The highest BCUT2D eigenvalue weighted by Crippen LogP contribution is 2.29. The van der Waals surface area contributed by atoms with Crippen LogP contribution in [-0.4, -0.2) is 66.8 Å². The number of likely N-dealkylation sites (tertiary alicyclic amines) is 1. The zero-order valence-corrected chi connectivity index (χ0v) is 15.2. The number of carbonyl (C=O) groups excluding carboxylic acids is 1. The minimum atomic E-state index is -3.61. The van der Waals surface area contributed by atoms with E-state index in [1.54, 1.807) is 0 Å². The number of aliphatic carboxylic acids is 1. The number of amides is 1. The van der Waals surface area contributed by atoms with Crippen molar-refractivity contribution in [1.82, 2.24) is 13.9 Å². The van der Waals surface area contributed by atoms with Gasteiger partial charge < -0.3 is 10.0 Å². The first-order valence-electron chi connectivity index (χ1n) is 9.14. The quantitative estimate of drug-likeness (QED) is 0.701. The standard InChI is InChI=1S/C16H27N3O5S/c20-15-9-12(11-19(15)14-3-1-2-4-14)10-17-25(23,24)18-7-5-13(6-8-18)16(21)22/h12-14,17H,1-11H2,(H,21,22). The van der Waals surface area contributed by atoms with E-state index in [-0.39, 0.29) is 31.5 Å². The number of nitrogens with one attached hydrogen (secondary N) is 1. The van der Waals surface area contributed by atoms with Gasteiger partial charge in [0, 0.05) is 38.6 Å². The zero-order chi connectivity index (χ0) is 18.0. The minimum absolute atomic E-state index is 0.0134. The highest BCUT2D eigenvalue weighted by molar-refractivity contribution is 7.87. The van der Waals surface area contributed by atoms with Gasteiger partial charge in [0.05, 0.1) is 5.92 Å². The first kappa shape index (κ1) is 18.6. The summed E-state index contributed by atoms with van der Waals surface area (Å²) < 4.78 is 28.7. The van der Waals surface area contributed by atoms with Crippen molar-refractivity contribution >= 4 is 22.1 Å². The molecule has 3 aliphatic rings. The van der Waals surface area contributed by atoms with E-state index >= 15 is 0 Å². The van der Waals surface area contributed by atoms with Gasteiger partial charge in [-0.2, -0.15) is 12.7 Å². The van der Waals surface area contributed by atoms with Gasteiger partial charge in [0.15, 0.2) is 0 Å². The van der Waals surface area contributed by atoms with Crippen LogP contribution in [0.15, 0.2) is 0 Å². The third-order valence-electron chi connectivity index (χ3n) is 5.70. The molecule has 142 valence electrons. The fraction of sp³-hybridized carbons (Fsp3) is 0.875. The normalized spacial score (nSPS) is 27.3. The molecule has 2 saturated heterocycles. The number of hydrogen-bond acceptors (Lipinski definition) is 4. The summed E-state index contributed by atoms with van der Waals surface area (Å²) in [4.78, 5) is 25.1. The molecule has 1 atom stereocenters. The molecule has 0 radical (unpaired) electrons. The zero-order valence-electron chi connectivity index (χ0n) is 14.4. The van der Waals surface area contributed by atoms with Crippen molar-refractivity contribution in [1.29, 1.82) is 0 Å². The molecule has 1 unspecified atom stereocenters. The van der Waals surface area contributed by atoms with E-state index in [1.165, 1.54) is 4.31 Å². The first-order chi connectivity index (χ1) is 11.9. The maximum absolute atomic E-state index is 12.4. The Morgan fingerprint density at radius 3 is 2.40 bits per heavy atom. The number of carboxylic acid groups (broad SMARTS) is 1. The van der Waals surface area contributed by atoms with Gasteiger partial charge >= 0.3 is 5.97 Å². The molecule has 0 spiro atoms. The number of carbonyl (C=O) groups is 2. The SMILES string of the molecule is O=C(O)C1CCN(S(=O)(=O)NCC2CC(=O)N(C3CCCC3)C2)CC1. The highest BCUT2D eigenvalue weighted by Gasteiger charge is 2.37. The Balaban J connectivity index is 1.48. The maximum atomic E-state index is 12.4. The van der Waals surface area contributed by atoms with E-state index in [2.05, 4.69) is 4.72 Å². The Morgan fingerprint density at radius 2 is 1.80 bits per heavy atom. The average molecular weight is 373 g/mol. The summed E-state index contributed by atoms with van der Waals surface area (Å²) in [7, 11) is -3.61. The third-order valence-corrected chi connectivity index (χ3v) is 7.28. The largest absolute Gasteiger partial charge is 0.481 e. The number of nitrogens with zero attached hydrogens (tertiary/aromatic N) is 2. The van der Waals surface area contributed by atoms with Crippen LogP contribution in [0.3, 0.4) is 0 Å². The molecule has 3 fully saturated rings. The lowest BCUT2D eigenvalue weighted by Gasteiger charge is -2.29. The van der Waals surface area contributed by atoms with Crippen LogP contribution in [0.4, 0.5) is 0 Å². The molecule has 8 nitrogen and oxygen atoms in total. The van der Waals surface area contributed by atoms with E-state index in [4.69, 9.17) is 5.11 Å². The van der Waals surface area contributed by atoms with Crippen molar-refractivity contribution in [2.24, 2.45) is 11.8 Å². The Bertz CT molecular complexity index is 609. The van der Waals surface area contributed by atoms with Crippen molar-refractivity contribution in [2.45, 2.75) is 51.0 Å². The second-order valence-corrected chi connectivity index (χ2v) is 9.17. The fourth-order valence-electron chi connectivity index (χ4n) is 4.17. The number of carboxylic acids is 1. The van der Waals surface area contributed by atoms with Gasteiger partial charge in [-0.1, -0.05) is 12.8 Å². The van der Waals surface area contributed by atoms with E-state index in [1.807, 2.05) is 4.90 Å². The average Bonchev–Trinajstić information content (AvgIpc) is 3.22. The summed E-state index contributed by atoms with van der Waals surface area (Å²) in [6.45, 7) is 1.34. The molecule has 3 rings (SSSR count). The van der Waals surface area contributed by atoms with Crippen LogP contribution in [-0.2, 0) is 19.8 Å². The second kappa shape index (κ2) is 7.59. The first-order valence-corrected chi connectivity index (χ1v) is 10.6. The van der Waals surface area contributed by atoms with Gasteiger partial charge in [-0.05, 0) is 31.6 Å². The molecule has 2 N–H and O–H groups in total. The number of piperidine rings is 1. The highest BCUT2D eigenvalue weighted by atomic mass is 32.2. The van der Waals surface area contributed by atoms with Crippen molar-refractivity contribution in [3.8, 4) is 0 Å². The Labute approximate surface area is 148 Å². The smallest absolute Gasteiger partial charge is 0.306 e. The summed E-state index contributed by atoms with van der Waals surface area (Å²) in [6.07, 6.45) is 5.53. The molecule has 1 saturated carbocycles. The second-order valence-electron chi connectivity index (χ2n) is 7.42. The summed E-state index contributed by atoms with van der Waals surface area (Å²) in [5.41, 5.74) is 0.